The molecule has 0 amide bonds. The zero-order chi connectivity index (χ0) is 13.7. The van der Waals surface area contributed by atoms with E-state index < -0.39 is 0 Å². The van der Waals surface area contributed by atoms with Crippen LogP contribution in [0, 0.1) is 11.3 Å². The molecule has 4 nitrogen and oxygen atoms in total. The SMILES string of the molecule is CCOc1cccc(Nc2nccc(C#N)c2Cl)c1. The van der Waals surface area contributed by atoms with Gasteiger partial charge < -0.3 is 10.1 Å². The fraction of sp³-hybridized carbons (Fsp3) is 0.143. The van der Waals surface area contributed by atoms with Crippen LogP contribution in [-0.4, -0.2) is 11.6 Å². The molecule has 1 aromatic heterocycles. The maximum Gasteiger partial charge on any atom is 0.150 e. The Hall–Kier alpha value is -2.25. The number of benzene rings is 1. The normalized spacial score (nSPS) is 9.74. The van der Waals surface area contributed by atoms with Crippen LogP contribution in [0.4, 0.5) is 11.5 Å². The van der Waals surface area contributed by atoms with Crippen molar-refractivity contribution in [1.29, 1.82) is 5.26 Å². The van der Waals surface area contributed by atoms with Gasteiger partial charge in [-0.2, -0.15) is 5.26 Å². The minimum absolute atomic E-state index is 0.312. The van der Waals surface area contributed by atoms with E-state index in [1.165, 1.54) is 0 Å². The molecule has 0 unspecified atom stereocenters. The summed E-state index contributed by atoms with van der Waals surface area (Å²) >= 11 is 6.08. The molecule has 96 valence electrons. The van der Waals surface area contributed by atoms with Crippen molar-refractivity contribution >= 4 is 23.1 Å². The highest BCUT2D eigenvalue weighted by Crippen LogP contribution is 2.27. The van der Waals surface area contributed by atoms with Gasteiger partial charge in [0.05, 0.1) is 12.2 Å². The number of nitriles is 1. The molecular formula is C14H12ClN3O. The van der Waals surface area contributed by atoms with Gasteiger partial charge in [-0.3, -0.25) is 0 Å². The number of ether oxygens (including phenoxy) is 1. The highest BCUT2D eigenvalue weighted by atomic mass is 35.5. The standard InChI is InChI=1S/C14H12ClN3O/c1-2-19-12-5-3-4-11(8-12)18-14-13(15)10(9-16)6-7-17-14/h3-8H,2H2,1H3,(H,17,18). The number of anilines is 2. The molecule has 19 heavy (non-hydrogen) atoms. The highest BCUT2D eigenvalue weighted by molar-refractivity contribution is 6.34. The molecule has 0 spiro atoms. The predicted octanol–water partition coefficient (Wildman–Crippen LogP) is 3.75. The molecule has 2 rings (SSSR count). The van der Waals surface area contributed by atoms with E-state index in [-0.39, 0.29) is 0 Å². The lowest BCUT2D eigenvalue weighted by Crippen LogP contribution is -1.97. The monoisotopic (exact) mass is 273 g/mol. The second kappa shape index (κ2) is 6.07. The van der Waals surface area contributed by atoms with Gasteiger partial charge in [0, 0.05) is 18.0 Å². The van der Waals surface area contributed by atoms with Crippen LogP contribution in [0.3, 0.4) is 0 Å². The summed E-state index contributed by atoms with van der Waals surface area (Å²) in [5.74, 6) is 1.22. The molecule has 5 heteroatoms. The Labute approximate surface area is 116 Å². The molecular weight excluding hydrogens is 262 g/mol. The summed E-state index contributed by atoms with van der Waals surface area (Å²) in [6.45, 7) is 2.53. The van der Waals surface area contributed by atoms with E-state index in [2.05, 4.69) is 10.3 Å². The summed E-state index contributed by atoms with van der Waals surface area (Å²) in [5.41, 5.74) is 1.19. The summed E-state index contributed by atoms with van der Waals surface area (Å²) in [7, 11) is 0. The molecule has 0 aliphatic rings. The maximum absolute atomic E-state index is 8.91. The van der Waals surface area contributed by atoms with Crippen LogP contribution in [0.1, 0.15) is 12.5 Å². The van der Waals surface area contributed by atoms with Gasteiger partial charge >= 0.3 is 0 Å². The van der Waals surface area contributed by atoms with Gasteiger partial charge in [-0.15, -0.1) is 0 Å². The van der Waals surface area contributed by atoms with E-state index in [0.717, 1.165) is 11.4 Å². The Morgan fingerprint density at radius 1 is 1.42 bits per heavy atom. The van der Waals surface area contributed by atoms with Crippen LogP contribution in [0.2, 0.25) is 5.02 Å². The van der Waals surface area contributed by atoms with Gasteiger partial charge in [-0.05, 0) is 25.1 Å². The number of hydrogen-bond donors (Lipinski definition) is 1. The third-order valence-electron chi connectivity index (χ3n) is 2.42. The van der Waals surface area contributed by atoms with E-state index in [1.807, 2.05) is 37.3 Å². The van der Waals surface area contributed by atoms with Crippen molar-refractivity contribution in [2.75, 3.05) is 11.9 Å². The minimum atomic E-state index is 0.312. The molecule has 0 aliphatic heterocycles. The molecule has 1 aromatic carbocycles. The third kappa shape index (κ3) is 3.15. The lowest BCUT2D eigenvalue weighted by atomic mass is 10.2. The van der Waals surface area contributed by atoms with Crippen molar-refractivity contribution in [1.82, 2.24) is 4.98 Å². The van der Waals surface area contributed by atoms with Gasteiger partial charge in [-0.1, -0.05) is 17.7 Å². The summed E-state index contributed by atoms with van der Waals surface area (Å²) in [6.07, 6.45) is 1.54. The fourth-order valence-corrected chi connectivity index (χ4v) is 1.79. The van der Waals surface area contributed by atoms with Crippen molar-refractivity contribution in [2.45, 2.75) is 6.92 Å². The first-order valence-corrected chi connectivity index (χ1v) is 6.17. The Morgan fingerprint density at radius 2 is 2.26 bits per heavy atom. The lowest BCUT2D eigenvalue weighted by molar-refractivity contribution is 0.340. The smallest absolute Gasteiger partial charge is 0.150 e. The minimum Gasteiger partial charge on any atom is -0.494 e. The zero-order valence-electron chi connectivity index (χ0n) is 10.4. The number of aromatic nitrogens is 1. The van der Waals surface area contributed by atoms with Crippen molar-refractivity contribution in [2.24, 2.45) is 0 Å². The molecule has 0 fully saturated rings. The molecule has 0 atom stereocenters. The van der Waals surface area contributed by atoms with Gasteiger partial charge in [0.25, 0.3) is 0 Å². The molecule has 0 saturated carbocycles. The van der Waals surface area contributed by atoms with E-state index in [9.17, 15) is 0 Å². The average Bonchev–Trinajstić information content (AvgIpc) is 2.42. The number of halogens is 1. The van der Waals surface area contributed by atoms with Crippen molar-refractivity contribution < 1.29 is 4.74 Å². The number of hydrogen-bond acceptors (Lipinski definition) is 4. The van der Waals surface area contributed by atoms with E-state index in [4.69, 9.17) is 21.6 Å². The first kappa shape index (κ1) is 13.2. The van der Waals surface area contributed by atoms with Crippen LogP contribution < -0.4 is 10.1 Å². The molecule has 0 radical (unpaired) electrons. The summed E-state index contributed by atoms with van der Waals surface area (Å²) < 4.78 is 5.41. The number of rotatable bonds is 4. The molecule has 0 saturated heterocycles. The van der Waals surface area contributed by atoms with E-state index in [1.54, 1.807) is 12.3 Å². The van der Waals surface area contributed by atoms with Crippen LogP contribution in [0.15, 0.2) is 36.5 Å². The highest BCUT2D eigenvalue weighted by Gasteiger charge is 2.07. The molecule has 1 N–H and O–H groups in total. The molecule has 0 bridgehead atoms. The Balaban J connectivity index is 2.26. The number of nitrogens with zero attached hydrogens (tertiary/aromatic N) is 2. The molecule has 1 heterocycles. The molecule has 0 aliphatic carbocycles. The Bertz CT molecular complexity index is 622. The van der Waals surface area contributed by atoms with Crippen LogP contribution in [-0.2, 0) is 0 Å². The number of pyridine rings is 1. The van der Waals surface area contributed by atoms with Crippen molar-refractivity contribution in [3.63, 3.8) is 0 Å². The first-order valence-electron chi connectivity index (χ1n) is 5.79. The molecule has 2 aromatic rings. The maximum atomic E-state index is 8.91. The van der Waals surface area contributed by atoms with Crippen LogP contribution >= 0.6 is 11.6 Å². The lowest BCUT2D eigenvalue weighted by Gasteiger charge is -2.09. The zero-order valence-corrected chi connectivity index (χ0v) is 11.1. The third-order valence-corrected chi connectivity index (χ3v) is 2.80. The summed E-state index contributed by atoms with van der Waals surface area (Å²) in [5, 5.41) is 12.3. The topological polar surface area (TPSA) is 57.9 Å². The van der Waals surface area contributed by atoms with Gasteiger partial charge in [0.1, 0.15) is 16.8 Å². The van der Waals surface area contributed by atoms with Gasteiger partial charge in [-0.25, -0.2) is 4.98 Å². The van der Waals surface area contributed by atoms with Crippen molar-refractivity contribution in [3.05, 3.63) is 47.1 Å². The van der Waals surface area contributed by atoms with E-state index >= 15 is 0 Å². The van der Waals surface area contributed by atoms with Crippen LogP contribution in [0.25, 0.3) is 0 Å². The van der Waals surface area contributed by atoms with Crippen molar-refractivity contribution in [3.8, 4) is 11.8 Å². The summed E-state index contributed by atoms with van der Waals surface area (Å²) in [4.78, 5) is 4.12. The van der Waals surface area contributed by atoms with Crippen LogP contribution in [0.5, 0.6) is 5.75 Å². The second-order valence-corrected chi connectivity index (χ2v) is 4.10. The number of nitrogens with one attached hydrogen (secondary N) is 1. The predicted molar refractivity (Wildman–Crippen MR) is 74.9 cm³/mol. The average molecular weight is 274 g/mol. The van der Waals surface area contributed by atoms with Gasteiger partial charge in [0.15, 0.2) is 5.82 Å². The summed E-state index contributed by atoms with van der Waals surface area (Å²) in [6, 6.07) is 11.1. The Kier molecular flexibility index (Phi) is 4.22. The van der Waals surface area contributed by atoms with E-state index in [0.29, 0.717) is 23.0 Å². The quantitative estimate of drug-likeness (QED) is 0.922. The largest absolute Gasteiger partial charge is 0.494 e. The fourth-order valence-electron chi connectivity index (χ4n) is 1.58. The van der Waals surface area contributed by atoms with Gasteiger partial charge in [0.2, 0.25) is 0 Å². The first-order chi connectivity index (χ1) is 9.24. The Morgan fingerprint density at radius 3 is 3.00 bits per heavy atom. The second-order valence-electron chi connectivity index (χ2n) is 3.72.